The lowest BCUT2D eigenvalue weighted by molar-refractivity contribution is -0.126. The van der Waals surface area contributed by atoms with Crippen molar-refractivity contribution in [1.29, 1.82) is 0 Å². The molecule has 70 valence electrons. The van der Waals surface area contributed by atoms with Crippen LogP contribution in [0.3, 0.4) is 0 Å². The number of rotatable bonds is 4. The predicted octanol–water partition coefficient (Wildman–Crippen LogP) is 3.20. The summed E-state index contributed by atoms with van der Waals surface area (Å²) >= 11 is 0. The van der Waals surface area contributed by atoms with Crippen molar-refractivity contribution in [3.8, 4) is 0 Å². The van der Waals surface area contributed by atoms with Crippen LogP contribution in [0.5, 0.6) is 0 Å². The van der Waals surface area contributed by atoms with E-state index in [1.54, 1.807) is 6.92 Å². The van der Waals surface area contributed by atoms with Gasteiger partial charge in [0.2, 0.25) is 0 Å². The van der Waals surface area contributed by atoms with Gasteiger partial charge in [0.15, 0.2) is 0 Å². The molecule has 0 unspecified atom stereocenters. The highest BCUT2D eigenvalue weighted by Crippen LogP contribution is 2.34. The number of carbonyl (C=O) groups is 1. The van der Waals surface area contributed by atoms with Gasteiger partial charge in [-0.15, -0.1) is 6.58 Å². The maximum absolute atomic E-state index is 11.2. The van der Waals surface area contributed by atoms with Crippen LogP contribution >= 0.6 is 0 Å². The molecule has 0 bridgehead atoms. The van der Waals surface area contributed by atoms with Crippen molar-refractivity contribution in [1.82, 2.24) is 0 Å². The Kier molecular flexibility index (Phi) is 3.25. The largest absolute Gasteiger partial charge is 0.299 e. The lowest BCUT2D eigenvalue weighted by Gasteiger charge is -2.30. The van der Waals surface area contributed by atoms with Crippen molar-refractivity contribution in [3.05, 3.63) is 12.7 Å². The van der Waals surface area contributed by atoms with E-state index in [0.717, 1.165) is 6.42 Å². The van der Waals surface area contributed by atoms with Crippen LogP contribution in [0.15, 0.2) is 12.7 Å². The highest BCUT2D eigenvalue weighted by molar-refractivity contribution is 5.81. The molecule has 0 aliphatic rings. The molecule has 0 heterocycles. The fourth-order valence-electron chi connectivity index (χ4n) is 1.34. The van der Waals surface area contributed by atoms with Gasteiger partial charge in [-0.1, -0.05) is 33.8 Å². The van der Waals surface area contributed by atoms with Gasteiger partial charge in [-0.25, -0.2) is 0 Å². The zero-order chi connectivity index (χ0) is 9.99. The van der Waals surface area contributed by atoms with E-state index in [2.05, 4.69) is 20.4 Å². The first kappa shape index (κ1) is 11.4. The van der Waals surface area contributed by atoms with Crippen molar-refractivity contribution in [2.75, 3.05) is 0 Å². The van der Waals surface area contributed by atoms with E-state index >= 15 is 0 Å². The molecule has 12 heavy (non-hydrogen) atoms. The molecular formula is C11H20O. The van der Waals surface area contributed by atoms with E-state index in [1.807, 2.05) is 19.9 Å². The molecule has 0 aromatic rings. The van der Waals surface area contributed by atoms with Crippen molar-refractivity contribution >= 4 is 5.78 Å². The minimum absolute atomic E-state index is 0.0508. The van der Waals surface area contributed by atoms with Crippen molar-refractivity contribution in [2.24, 2.45) is 10.8 Å². The van der Waals surface area contributed by atoms with Crippen LogP contribution in [0.1, 0.15) is 41.0 Å². The molecule has 0 aromatic heterocycles. The minimum atomic E-state index is -0.225. The van der Waals surface area contributed by atoms with Crippen LogP contribution in [0.4, 0.5) is 0 Å². The fourth-order valence-corrected chi connectivity index (χ4v) is 1.34. The summed E-state index contributed by atoms with van der Waals surface area (Å²) in [5.41, 5.74) is -0.174. The van der Waals surface area contributed by atoms with E-state index in [1.165, 1.54) is 0 Å². The number of carbonyl (C=O) groups excluding carboxylic acids is 1. The normalized spacial score (nSPS) is 12.8. The Morgan fingerprint density at radius 1 is 1.33 bits per heavy atom. The standard InChI is InChI=1S/C11H20O/c1-7-10(3,4)8-11(5,6)9(2)12/h7H,1,8H2,2-6H3. The molecule has 0 saturated carbocycles. The van der Waals surface area contributed by atoms with Gasteiger partial charge in [0.25, 0.3) is 0 Å². The second kappa shape index (κ2) is 3.42. The minimum Gasteiger partial charge on any atom is -0.299 e. The molecular weight excluding hydrogens is 148 g/mol. The molecule has 0 atom stereocenters. The summed E-state index contributed by atoms with van der Waals surface area (Å²) < 4.78 is 0. The highest BCUT2D eigenvalue weighted by Gasteiger charge is 2.30. The fraction of sp³-hybridized carbons (Fsp3) is 0.727. The molecule has 0 spiro atoms. The average molecular weight is 168 g/mol. The Labute approximate surface area is 75.9 Å². The summed E-state index contributed by atoms with van der Waals surface area (Å²) in [6.07, 6.45) is 2.77. The molecule has 0 aromatic carbocycles. The van der Waals surface area contributed by atoms with Crippen LogP contribution in [0.2, 0.25) is 0 Å². The maximum Gasteiger partial charge on any atom is 0.135 e. The van der Waals surface area contributed by atoms with Gasteiger partial charge < -0.3 is 0 Å². The Bertz CT molecular complexity index is 187. The molecule has 0 N–H and O–H groups in total. The summed E-state index contributed by atoms with van der Waals surface area (Å²) in [6.45, 7) is 13.6. The van der Waals surface area contributed by atoms with Crippen molar-refractivity contribution < 1.29 is 4.79 Å². The number of Topliss-reactive ketones (excluding diaryl/α,β-unsaturated/α-hetero) is 1. The molecule has 0 fully saturated rings. The Hall–Kier alpha value is -0.590. The molecule has 0 aliphatic carbocycles. The van der Waals surface area contributed by atoms with Crippen LogP contribution in [0.25, 0.3) is 0 Å². The number of ketones is 1. The van der Waals surface area contributed by atoms with E-state index in [9.17, 15) is 4.79 Å². The summed E-state index contributed by atoms with van der Waals surface area (Å²) in [7, 11) is 0. The first-order valence-corrected chi connectivity index (χ1v) is 4.36. The van der Waals surface area contributed by atoms with Crippen LogP contribution in [-0.2, 0) is 4.79 Å². The van der Waals surface area contributed by atoms with E-state index in [-0.39, 0.29) is 16.6 Å². The highest BCUT2D eigenvalue weighted by atomic mass is 16.1. The summed E-state index contributed by atoms with van der Waals surface area (Å²) in [4.78, 5) is 11.2. The molecule has 1 heteroatoms. The zero-order valence-corrected chi connectivity index (χ0v) is 8.90. The zero-order valence-electron chi connectivity index (χ0n) is 8.90. The Morgan fingerprint density at radius 2 is 1.75 bits per heavy atom. The van der Waals surface area contributed by atoms with Crippen LogP contribution < -0.4 is 0 Å². The van der Waals surface area contributed by atoms with Gasteiger partial charge >= 0.3 is 0 Å². The van der Waals surface area contributed by atoms with Gasteiger partial charge in [-0.3, -0.25) is 4.79 Å². The first-order valence-electron chi connectivity index (χ1n) is 4.36. The SMILES string of the molecule is C=CC(C)(C)CC(C)(C)C(C)=O. The lowest BCUT2D eigenvalue weighted by atomic mass is 9.73. The molecule has 0 amide bonds. The first-order chi connectivity index (χ1) is 5.21. The summed E-state index contributed by atoms with van der Waals surface area (Å²) in [5, 5.41) is 0. The molecule has 0 saturated heterocycles. The van der Waals surface area contributed by atoms with Gasteiger partial charge in [-0.05, 0) is 18.8 Å². The van der Waals surface area contributed by atoms with E-state index in [0.29, 0.717) is 0 Å². The monoisotopic (exact) mass is 168 g/mol. The summed E-state index contributed by atoms with van der Waals surface area (Å²) in [6, 6.07) is 0. The maximum atomic E-state index is 11.2. The number of hydrogen-bond acceptors (Lipinski definition) is 1. The molecule has 0 rings (SSSR count). The molecule has 1 nitrogen and oxygen atoms in total. The summed E-state index contributed by atoms with van der Waals surface area (Å²) in [5.74, 6) is 0.248. The van der Waals surface area contributed by atoms with E-state index < -0.39 is 0 Å². The smallest absolute Gasteiger partial charge is 0.135 e. The third-order valence-corrected chi connectivity index (χ3v) is 2.40. The number of hydrogen-bond donors (Lipinski definition) is 0. The van der Waals surface area contributed by atoms with Gasteiger partial charge in [0.1, 0.15) is 5.78 Å². The third kappa shape index (κ3) is 3.21. The third-order valence-electron chi connectivity index (χ3n) is 2.40. The quantitative estimate of drug-likeness (QED) is 0.589. The average Bonchev–Trinajstić information content (AvgIpc) is 1.85. The van der Waals surface area contributed by atoms with Gasteiger partial charge in [-0.2, -0.15) is 0 Å². The topological polar surface area (TPSA) is 17.1 Å². The second-order valence-electron chi connectivity index (χ2n) is 4.81. The van der Waals surface area contributed by atoms with Crippen LogP contribution in [-0.4, -0.2) is 5.78 Å². The molecule has 0 radical (unpaired) electrons. The van der Waals surface area contributed by atoms with Gasteiger partial charge in [0, 0.05) is 5.41 Å². The van der Waals surface area contributed by atoms with Crippen molar-refractivity contribution in [2.45, 2.75) is 41.0 Å². The van der Waals surface area contributed by atoms with Crippen molar-refractivity contribution in [3.63, 3.8) is 0 Å². The number of allylic oxidation sites excluding steroid dienone is 1. The lowest BCUT2D eigenvalue weighted by Crippen LogP contribution is -2.27. The molecule has 0 aliphatic heterocycles. The van der Waals surface area contributed by atoms with E-state index in [4.69, 9.17) is 0 Å². The Morgan fingerprint density at radius 3 is 2.00 bits per heavy atom. The van der Waals surface area contributed by atoms with Gasteiger partial charge in [0.05, 0.1) is 0 Å². The van der Waals surface area contributed by atoms with Crippen LogP contribution in [0, 0.1) is 10.8 Å². The second-order valence-corrected chi connectivity index (χ2v) is 4.81. The predicted molar refractivity (Wildman–Crippen MR) is 53.1 cm³/mol. The Balaban J connectivity index is 4.44.